The highest BCUT2D eigenvalue weighted by Gasteiger charge is 2.19. The van der Waals surface area contributed by atoms with Gasteiger partial charge in [0.25, 0.3) is 5.91 Å². The summed E-state index contributed by atoms with van der Waals surface area (Å²) in [6.45, 7) is 0.707. The number of aromatic carboxylic acids is 1. The lowest BCUT2D eigenvalue weighted by molar-refractivity contribution is 0.0693. The molecule has 154 valence electrons. The lowest BCUT2D eigenvalue weighted by Crippen LogP contribution is -2.30. The number of para-hydroxylation sites is 1. The summed E-state index contributed by atoms with van der Waals surface area (Å²) in [5, 5.41) is 10.5. The van der Waals surface area contributed by atoms with Gasteiger partial charge in [0.2, 0.25) is 0 Å². The van der Waals surface area contributed by atoms with Crippen LogP contribution in [0, 0.1) is 0 Å². The number of amides is 1. The van der Waals surface area contributed by atoms with E-state index in [1.54, 1.807) is 29.2 Å². The Morgan fingerprint density at radius 3 is 2.16 bits per heavy atom. The highest BCUT2D eigenvalue weighted by Crippen LogP contribution is 2.23. The molecule has 4 rings (SSSR count). The first-order chi connectivity index (χ1) is 15.0. The monoisotopic (exact) mass is 430 g/mol. The van der Waals surface area contributed by atoms with Crippen molar-refractivity contribution in [2.45, 2.75) is 13.1 Å². The van der Waals surface area contributed by atoms with Gasteiger partial charge in [-0.25, -0.2) is 9.78 Å². The van der Waals surface area contributed by atoms with Crippen molar-refractivity contribution in [2.75, 3.05) is 0 Å². The Labute approximate surface area is 184 Å². The number of aromatic nitrogens is 1. The predicted molar refractivity (Wildman–Crippen MR) is 120 cm³/mol. The lowest BCUT2D eigenvalue weighted by Gasteiger charge is -2.23. The fraction of sp³-hybridized carbons (Fsp3) is 0.0800. The normalized spacial score (nSPS) is 10.7. The van der Waals surface area contributed by atoms with Gasteiger partial charge in [0, 0.05) is 18.5 Å². The molecule has 3 aromatic carbocycles. The Bertz CT molecular complexity index is 1240. The van der Waals surface area contributed by atoms with Crippen LogP contribution in [-0.4, -0.2) is 26.9 Å². The summed E-state index contributed by atoms with van der Waals surface area (Å²) < 4.78 is 0. The van der Waals surface area contributed by atoms with Crippen molar-refractivity contribution in [2.24, 2.45) is 0 Å². The van der Waals surface area contributed by atoms with Gasteiger partial charge in [0.15, 0.2) is 0 Å². The second-order valence-electron chi connectivity index (χ2n) is 7.16. The van der Waals surface area contributed by atoms with Gasteiger partial charge < -0.3 is 10.0 Å². The van der Waals surface area contributed by atoms with Crippen molar-refractivity contribution in [3.05, 3.63) is 112 Å². The van der Waals surface area contributed by atoms with Gasteiger partial charge in [-0.2, -0.15) is 0 Å². The van der Waals surface area contributed by atoms with Gasteiger partial charge in [-0.15, -0.1) is 0 Å². The second-order valence-corrected chi connectivity index (χ2v) is 7.56. The number of hydrogen-bond acceptors (Lipinski definition) is 3. The number of carbonyl (C=O) groups is 2. The zero-order valence-electron chi connectivity index (χ0n) is 16.5. The zero-order chi connectivity index (χ0) is 21.8. The molecule has 0 spiro atoms. The first-order valence-corrected chi connectivity index (χ1v) is 10.1. The number of carboxylic acid groups (broad SMARTS) is 1. The maximum Gasteiger partial charge on any atom is 0.335 e. The Morgan fingerprint density at radius 2 is 1.48 bits per heavy atom. The molecule has 0 atom stereocenters. The Hall–Kier alpha value is -3.70. The number of nitrogens with zero attached hydrogens (tertiary/aromatic N) is 2. The number of benzene rings is 3. The number of rotatable bonds is 6. The first kappa shape index (κ1) is 20.6. The Kier molecular flexibility index (Phi) is 5.96. The molecule has 6 heteroatoms. The van der Waals surface area contributed by atoms with Crippen molar-refractivity contribution < 1.29 is 14.7 Å². The SMILES string of the molecule is O=C(O)c1ccc(CN(Cc2ccccc2)C(=O)c2ccc3cccc(Cl)c3n2)cc1. The summed E-state index contributed by atoms with van der Waals surface area (Å²) in [6, 6.07) is 25.2. The summed E-state index contributed by atoms with van der Waals surface area (Å²) in [5.41, 5.74) is 2.90. The van der Waals surface area contributed by atoms with E-state index in [0.29, 0.717) is 29.3 Å². The third-order valence-electron chi connectivity index (χ3n) is 4.97. The van der Waals surface area contributed by atoms with Gasteiger partial charge in [0.05, 0.1) is 16.1 Å². The minimum atomic E-state index is -0.985. The fourth-order valence-corrected chi connectivity index (χ4v) is 3.59. The zero-order valence-corrected chi connectivity index (χ0v) is 17.3. The molecule has 1 aromatic heterocycles. The molecule has 0 aliphatic rings. The van der Waals surface area contributed by atoms with Crippen molar-refractivity contribution in [3.63, 3.8) is 0 Å². The minimum absolute atomic E-state index is 0.204. The fourth-order valence-electron chi connectivity index (χ4n) is 3.37. The van der Waals surface area contributed by atoms with Gasteiger partial charge >= 0.3 is 5.97 Å². The van der Waals surface area contributed by atoms with Crippen LogP contribution in [0.25, 0.3) is 10.9 Å². The predicted octanol–water partition coefficient (Wildman–Crippen LogP) is 5.43. The third-order valence-corrected chi connectivity index (χ3v) is 5.27. The molecule has 0 saturated carbocycles. The van der Waals surface area contributed by atoms with E-state index in [9.17, 15) is 9.59 Å². The van der Waals surface area contributed by atoms with Gasteiger partial charge in [-0.05, 0) is 35.4 Å². The quantitative estimate of drug-likeness (QED) is 0.443. The molecule has 0 fully saturated rings. The van der Waals surface area contributed by atoms with Crippen LogP contribution in [0.5, 0.6) is 0 Å². The number of carbonyl (C=O) groups excluding carboxylic acids is 1. The molecule has 0 aliphatic heterocycles. The maximum absolute atomic E-state index is 13.4. The van der Waals surface area contributed by atoms with E-state index in [2.05, 4.69) is 4.98 Å². The van der Waals surface area contributed by atoms with Gasteiger partial charge in [0.1, 0.15) is 5.69 Å². The van der Waals surface area contributed by atoms with Crippen molar-refractivity contribution >= 4 is 34.4 Å². The topological polar surface area (TPSA) is 70.5 Å². The van der Waals surface area contributed by atoms with E-state index in [1.807, 2.05) is 48.5 Å². The molecule has 1 amide bonds. The van der Waals surface area contributed by atoms with Crippen molar-refractivity contribution in [1.29, 1.82) is 0 Å². The highest BCUT2D eigenvalue weighted by molar-refractivity contribution is 6.35. The van der Waals surface area contributed by atoms with Crippen molar-refractivity contribution in [1.82, 2.24) is 9.88 Å². The van der Waals surface area contributed by atoms with E-state index in [1.165, 1.54) is 12.1 Å². The van der Waals surface area contributed by atoms with Crippen LogP contribution in [0.1, 0.15) is 32.0 Å². The molecule has 5 nitrogen and oxygen atoms in total. The van der Waals surface area contributed by atoms with Crippen LogP contribution >= 0.6 is 11.6 Å². The molecule has 0 bridgehead atoms. The largest absolute Gasteiger partial charge is 0.478 e. The van der Waals surface area contributed by atoms with Crippen LogP contribution in [0.2, 0.25) is 5.02 Å². The molecule has 0 aliphatic carbocycles. The molecule has 1 N–H and O–H groups in total. The van der Waals surface area contributed by atoms with Crippen molar-refractivity contribution in [3.8, 4) is 0 Å². The number of carboxylic acids is 1. The van der Waals surface area contributed by atoms with Crippen LogP contribution in [0.15, 0.2) is 84.9 Å². The average Bonchev–Trinajstić information content (AvgIpc) is 2.79. The van der Waals surface area contributed by atoms with E-state index >= 15 is 0 Å². The number of pyridine rings is 1. The Morgan fingerprint density at radius 1 is 0.806 bits per heavy atom. The van der Waals surface area contributed by atoms with Gasteiger partial charge in [-0.3, -0.25) is 4.79 Å². The molecular formula is C25H19ClN2O3. The molecule has 0 saturated heterocycles. The maximum atomic E-state index is 13.4. The lowest BCUT2D eigenvalue weighted by atomic mass is 10.1. The summed E-state index contributed by atoms with van der Waals surface area (Å²) in [5.74, 6) is -1.21. The van der Waals surface area contributed by atoms with E-state index in [0.717, 1.165) is 16.5 Å². The van der Waals surface area contributed by atoms with Crippen LogP contribution < -0.4 is 0 Å². The van der Waals surface area contributed by atoms with Crippen LogP contribution in [0.4, 0.5) is 0 Å². The number of hydrogen-bond donors (Lipinski definition) is 1. The first-order valence-electron chi connectivity index (χ1n) is 9.72. The molecular weight excluding hydrogens is 412 g/mol. The average molecular weight is 431 g/mol. The summed E-state index contributed by atoms with van der Waals surface area (Å²) in [4.78, 5) is 30.7. The summed E-state index contributed by atoms with van der Waals surface area (Å²) >= 11 is 6.28. The molecule has 31 heavy (non-hydrogen) atoms. The standard InChI is InChI=1S/C25H19ClN2O3/c26-21-8-4-7-19-13-14-22(27-23(19)21)24(29)28(15-17-5-2-1-3-6-17)16-18-9-11-20(12-10-18)25(30)31/h1-14H,15-16H2,(H,30,31). The smallest absolute Gasteiger partial charge is 0.335 e. The highest BCUT2D eigenvalue weighted by atomic mass is 35.5. The summed E-state index contributed by atoms with van der Waals surface area (Å²) in [7, 11) is 0. The minimum Gasteiger partial charge on any atom is -0.478 e. The summed E-state index contributed by atoms with van der Waals surface area (Å²) in [6.07, 6.45) is 0. The number of fused-ring (bicyclic) bond motifs is 1. The molecule has 0 unspecified atom stereocenters. The van der Waals surface area contributed by atoms with E-state index in [4.69, 9.17) is 16.7 Å². The van der Waals surface area contributed by atoms with E-state index in [-0.39, 0.29) is 11.5 Å². The van der Waals surface area contributed by atoms with Crippen LogP contribution in [0.3, 0.4) is 0 Å². The number of halogens is 1. The van der Waals surface area contributed by atoms with Crippen LogP contribution in [-0.2, 0) is 13.1 Å². The van der Waals surface area contributed by atoms with E-state index < -0.39 is 5.97 Å². The second kappa shape index (κ2) is 8.98. The molecule has 0 radical (unpaired) electrons. The third kappa shape index (κ3) is 4.73. The molecule has 1 heterocycles. The Balaban J connectivity index is 1.66. The van der Waals surface area contributed by atoms with Gasteiger partial charge in [-0.1, -0.05) is 72.3 Å². The molecule has 4 aromatic rings.